The van der Waals surface area contributed by atoms with E-state index in [1.54, 1.807) is 12.1 Å². The Balaban J connectivity index is 2.22. The zero-order valence-electron chi connectivity index (χ0n) is 11.0. The van der Waals surface area contributed by atoms with Gasteiger partial charge in [-0.3, -0.25) is 4.79 Å². The molecule has 1 aromatic heterocycles. The Morgan fingerprint density at radius 3 is 2.68 bits per heavy atom. The van der Waals surface area contributed by atoms with E-state index in [1.165, 1.54) is 18.2 Å². The molecule has 0 unspecified atom stereocenters. The predicted molar refractivity (Wildman–Crippen MR) is 69.1 cm³/mol. The fraction of sp³-hybridized carbons (Fsp3) is 0.286. The number of rotatable bonds is 2. The Morgan fingerprint density at radius 2 is 2.05 bits per heavy atom. The van der Waals surface area contributed by atoms with E-state index in [4.69, 9.17) is 4.52 Å². The van der Waals surface area contributed by atoms with E-state index in [0.29, 0.717) is 11.3 Å². The number of hydrogen-bond acceptors (Lipinski definition) is 3. The van der Waals surface area contributed by atoms with Crippen LogP contribution < -0.4 is 5.32 Å². The largest absolute Gasteiger partial charge is 0.350 e. The lowest BCUT2D eigenvalue weighted by molar-refractivity contribution is 0.0882. The second kappa shape index (κ2) is 4.84. The normalized spacial score (nSPS) is 11.4. The summed E-state index contributed by atoms with van der Waals surface area (Å²) in [5.41, 5.74) is 0.639. The molecule has 0 bridgehead atoms. The number of hydrogen-bond donors (Lipinski definition) is 1. The summed E-state index contributed by atoms with van der Waals surface area (Å²) in [6.07, 6.45) is 0. The molecule has 0 aliphatic carbocycles. The van der Waals surface area contributed by atoms with Crippen LogP contribution in [0.25, 0.3) is 11.3 Å². The van der Waals surface area contributed by atoms with Crippen LogP contribution in [0.5, 0.6) is 0 Å². The van der Waals surface area contributed by atoms with Crippen molar-refractivity contribution < 1.29 is 13.7 Å². The highest BCUT2D eigenvalue weighted by atomic mass is 19.1. The Kier molecular flexibility index (Phi) is 3.38. The third-order valence-corrected chi connectivity index (χ3v) is 2.34. The van der Waals surface area contributed by atoms with E-state index in [0.717, 1.165) is 0 Å². The molecular formula is C14H15FN2O2. The van der Waals surface area contributed by atoms with E-state index < -0.39 is 0 Å². The minimum atomic E-state index is -0.360. The number of benzene rings is 1. The fourth-order valence-electron chi connectivity index (χ4n) is 1.57. The summed E-state index contributed by atoms with van der Waals surface area (Å²) < 4.78 is 18.1. The van der Waals surface area contributed by atoms with Gasteiger partial charge in [-0.25, -0.2) is 4.39 Å². The van der Waals surface area contributed by atoms with E-state index >= 15 is 0 Å². The van der Waals surface area contributed by atoms with Gasteiger partial charge in [0, 0.05) is 17.2 Å². The predicted octanol–water partition coefficient (Wildman–Crippen LogP) is 3.01. The van der Waals surface area contributed by atoms with Crippen molar-refractivity contribution >= 4 is 5.91 Å². The maximum atomic E-state index is 13.1. The van der Waals surface area contributed by atoms with Crippen LogP contribution in [0.1, 0.15) is 31.3 Å². The van der Waals surface area contributed by atoms with Crippen LogP contribution in [0.15, 0.2) is 34.9 Å². The lowest BCUT2D eigenvalue weighted by Gasteiger charge is -2.18. The zero-order valence-corrected chi connectivity index (χ0v) is 11.0. The molecule has 4 nitrogen and oxygen atoms in total. The molecule has 100 valence electrons. The van der Waals surface area contributed by atoms with Gasteiger partial charge in [0.1, 0.15) is 11.5 Å². The molecule has 0 saturated carbocycles. The average Bonchev–Trinajstić information content (AvgIpc) is 2.75. The van der Waals surface area contributed by atoms with Crippen molar-refractivity contribution in [1.29, 1.82) is 0 Å². The highest BCUT2D eigenvalue weighted by Gasteiger charge is 2.19. The maximum absolute atomic E-state index is 13.1. The number of halogens is 1. The van der Waals surface area contributed by atoms with Gasteiger partial charge in [-0.05, 0) is 32.9 Å². The minimum Gasteiger partial charge on any atom is -0.350 e. The summed E-state index contributed by atoms with van der Waals surface area (Å²) >= 11 is 0. The molecule has 0 spiro atoms. The van der Waals surface area contributed by atoms with Crippen molar-refractivity contribution in [1.82, 2.24) is 10.5 Å². The van der Waals surface area contributed by atoms with Crippen LogP contribution in [0.2, 0.25) is 0 Å². The van der Waals surface area contributed by atoms with Gasteiger partial charge < -0.3 is 9.84 Å². The van der Waals surface area contributed by atoms with Crippen molar-refractivity contribution in [3.63, 3.8) is 0 Å². The van der Waals surface area contributed by atoms with Crippen molar-refractivity contribution in [2.75, 3.05) is 0 Å². The van der Waals surface area contributed by atoms with Crippen molar-refractivity contribution in [2.45, 2.75) is 26.3 Å². The number of amides is 1. The molecule has 5 heteroatoms. The molecule has 0 radical (unpaired) electrons. The number of aromatic nitrogens is 1. The third-order valence-electron chi connectivity index (χ3n) is 2.34. The third kappa shape index (κ3) is 3.40. The molecule has 1 heterocycles. The topological polar surface area (TPSA) is 55.1 Å². The van der Waals surface area contributed by atoms with Crippen LogP contribution in [0, 0.1) is 5.82 Å². The van der Waals surface area contributed by atoms with Crippen molar-refractivity contribution in [3.8, 4) is 11.3 Å². The summed E-state index contributed by atoms with van der Waals surface area (Å²) in [5.74, 6) is -0.599. The Morgan fingerprint density at radius 1 is 1.32 bits per heavy atom. The molecule has 1 aromatic carbocycles. The molecule has 0 fully saturated rings. The molecule has 2 rings (SSSR count). The average molecular weight is 262 g/mol. The number of carbonyl (C=O) groups is 1. The summed E-state index contributed by atoms with van der Waals surface area (Å²) in [4.78, 5) is 11.9. The van der Waals surface area contributed by atoms with E-state index in [2.05, 4.69) is 10.5 Å². The maximum Gasteiger partial charge on any atom is 0.290 e. The summed E-state index contributed by atoms with van der Waals surface area (Å²) in [5, 5.41) is 6.54. The molecule has 19 heavy (non-hydrogen) atoms. The highest BCUT2D eigenvalue weighted by Crippen LogP contribution is 2.20. The number of carbonyl (C=O) groups excluding carboxylic acids is 1. The van der Waals surface area contributed by atoms with Gasteiger partial charge in [-0.2, -0.15) is 0 Å². The Labute approximate surface area is 110 Å². The first-order valence-corrected chi connectivity index (χ1v) is 5.90. The van der Waals surface area contributed by atoms with Gasteiger partial charge in [0.15, 0.2) is 0 Å². The smallest absolute Gasteiger partial charge is 0.290 e. The second-order valence-electron chi connectivity index (χ2n) is 5.29. The van der Waals surface area contributed by atoms with Crippen LogP contribution in [0.3, 0.4) is 0 Å². The van der Waals surface area contributed by atoms with Crippen molar-refractivity contribution in [3.05, 3.63) is 41.9 Å². The first kappa shape index (κ1) is 13.3. The molecule has 1 amide bonds. The van der Waals surface area contributed by atoms with Gasteiger partial charge in [-0.1, -0.05) is 17.3 Å². The van der Waals surface area contributed by atoms with E-state index in [9.17, 15) is 9.18 Å². The van der Waals surface area contributed by atoms with Crippen LogP contribution in [-0.4, -0.2) is 16.6 Å². The Hall–Kier alpha value is -2.17. The Bertz CT molecular complexity index is 599. The summed E-state index contributed by atoms with van der Waals surface area (Å²) in [6.45, 7) is 5.61. The first-order chi connectivity index (χ1) is 8.85. The zero-order chi connectivity index (χ0) is 14.0. The van der Waals surface area contributed by atoms with Gasteiger partial charge in [0.25, 0.3) is 5.91 Å². The molecule has 0 saturated heterocycles. The first-order valence-electron chi connectivity index (χ1n) is 5.90. The molecule has 1 N–H and O–H groups in total. The summed E-state index contributed by atoms with van der Waals surface area (Å²) in [7, 11) is 0. The van der Waals surface area contributed by atoms with Crippen LogP contribution in [-0.2, 0) is 0 Å². The standard InChI is InChI=1S/C14H15FN2O2/c1-14(2,3)16-13(18)12-8-11(17-19-12)9-5-4-6-10(15)7-9/h4-8H,1-3H3,(H,16,18). The SMILES string of the molecule is CC(C)(C)NC(=O)c1cc(-c2cccc(F)c2)no1. The molecule has 0 atom stereocenters. The molecular weight excluding hydrogens is 247 g/mol. The number of nitrogens with zero attached hydrogens (tertiary/aromatic N) is 1. The monoisotopic (exact) mass is 262 g/mol. The number of nitrogens with one attached hydrogen (secondary N) is 1. The summed E-state index contributed by atoms with van der Waals surface area (Å²) in [6, 6.07) is 7.45. The van der Waals surface area contributed by atoms with Gasteiger partial charge in [-0.15, -0.1) is 0 Å². The van der Waals surface area contributed by atoms with Gasteiger partial charge in [0.2, 0.25) is 5.76 Å². The van der Waals surface area contributed by atoms with Gasteiger partial charge in [0.05, 0.1) is 0 Å². The molecule has 2 aromatic rings. The van der Waals surface area contributed by atoms with E-state index in [1.807, 2.05) is 20.8 Å². The van der Waals surface area contributed by atoms with Crippen LogP contribution in [0.4, 0.5) is 4.39 Å². The lowest BCUT2D eigenvalue weighted by atomic mass is 10.1. The van der Waals surface area contributed by atoms with E-state index in [-0.39, 0.29) is 23.0 Å². The second-order valence-corrected chi connectivity index (χ2v) is 5.29. The van der Waals surface area contributed by atoms with Crippen molar-refractivity contribution in [2.24, 2.45) is 0 Å². The molecule has 0 aliphatic rings. The highest BCUT2D eigenvalue weighted by molar-refractivity contribution is 5.92. The van der Waals surface area contributed by atoms with Gasteiger partial charge >= 0.3 is 0 Å². The quantitative estimate of drug-likeness (QED) is 0.905. The fourth-order valence-corrected chi connectivity index (χ4v) is 1.57. The minimum absolute atomic E-state index is 0.106. The lowest BCUT2D eigenvalue weighted by Crippen LogP contribution is -2.40. The van der Waals surface area contributed by atoms with Crippen LogP contribution >= 0.6 is 0 Å². The molecule has 0 aliphatic heterocycles.